The Kier molecular flexibility index (Phi) is 2.87. The van der Waals surface area contributed by atoms with Gasteiger partial charge >= 0.3 is 0 Å². The Morgan fingerprint density at radius 2 is 1.96 bits per heavy atom. The second-order valence-electron chi connectivity index (χ2n) is 6.77. The van der Waals surface area contributed by atoms with Crippen LogP contribution in [0.1, 0.15) is 11.1 Å². The molecule has 0 saturated heterocycles. The Bertz CT molecular complexity index is 1300. The minimum Gasteiger partial charge on any atom is -0.457 e. The lowest BCUT2D eigenvalue weighted by atomic mass is 9.90. The van der Waals surface area contributed by atoms with Gasteiger partial charge < -0.3 is 4.74 Å². The first-order valence-electron chi connectivity index (χ1n) is 8.49. The van der Waals surface area contributed by atoms with E-state index in [9.17, 15) is 0 Å². The Morgan fingerprint density at radius 3 is 2.77 bits per heavy atom. The Morgan fingerprint density at radius 1 is 1.12 bits per heavy atom. The lowest BCUT2D eigenvalue weighted by Crippen LogP contribution is -2.31. The van der Waals surface area contributed by atoms with Crippen LogP contribution in [0.3, 0.4) is 0 Å². The second-order valence-corrected chi connectivity index (χ2v) is 6.77. The van der Waals surface area contributed by atoms with Crippen LogP contribution >= 0.6 is 0 Å². The number of rotatable bonds is 0. The zero-order chi connectivity index (χ0) is 18.0. The van der Waals surface area contributed by atoms with Gasteiger partial charge in [0.2, 0.25) is 5.69 Å². The molecule has 0 amide bonds. The molecule has 0 N–H and O–H groups in total. The topological polar surface area (TPSA) is 30.4 Å². The first-order valence-corrected chi connectivity index (χ1v) is 8.49. The van der Waals surface area contributed by atoms with Crippen LogP contribution in [-0.2, 0) is 7.05 Å². The van der Waals surface area contributed by atoms with Crippen LogP contribution in [0.2, 0.25) is 0 Å². The van der Waals surface area contributed by atoms with Gasteiger partial charge in [0.05, 0.1) is 17.5 Å². The summed E-state index contributed by atoms with van der Waals surface area (Å²) in [5, 5.41) is 4.38. The van der Waals surface area contributed by atoms with Gasteiger partial charge in [0.15, 0.2) is 11.9 Å². The molecule has 4 aromatic rings. The second kappa shape index (κ2) is 5.03. The predicted octanol–water partition coefficient (Wildman–Crippen LogP) is 5.15. The third-order valence-corrected chi connectivity index (χ3v) is 5.33. The van der Waals surface area contributed by atoms with E-state index >= 15 is 0 Å². The first kappa shape index (κ1) is 14.9. The fourth-order valence-electron chi connectivity index (χ4n) is 4.05. The lowest BCUT2D eigenvalue weighted by Gasteiger charge is -2.24. The highest BCUT2D eigenvalue weighted by atomic mass is 16.5. The van der Waals surface area contributed by atoms with E-state index in [0.29, 0.717) is 5.69 Å². The standard InChI is InChI=1S/C22H16N3O/c1-12-16-5-7-24-11-17(16)13(2)22-19(12)21-20-14(6-8-25(21)4)9-15(23-3)10-18(20)26-22/h5-11H,1-2,4H3/q+1. The molecule has 4 nitrogen and oxygen atoms in total. The van der Waals surface area contributed by atoms with Crippen LogP contribution < -0.4 is 9.30 Å². The maximum Gasteiger partial charge on any atom is 0.227 e. The van der Waals surface area contributed by atoms with Gasteiger partial charge in [0.25, 0.3) is 0 Å². The number of nitrogens with zero attached hydrogens (tertiary/aromatic N) is 3. The number of ether oxygens (including phenoxy) is 1. The summed E-state index contributed by atoms with van der Waals surface area (Å²) in [5.74, 6) is 1.61. The van der Waals surface area contributed by atoms with Crippen LogP contribution in [0.25, 0.3) is 37.6 Å². The van der Waals surface area contributed by atoms with Crippen molar-refractivity contribution in [1.82, 2.24) is 4.98 Å². The Hall–Kier alpha value is -3.45. The summed E-state index contributed by atoms with van der Waals surface area (Å²) in [4.78, 5) is 7.90. The van der Waals surface area contributed by atoms with Crippen molar-refractivity contribution >= 4 is 27.2 Å². The molecule has 1 aliphatic rings. The average Bonchev–Trinajstić information content (AvgIpc) is 2.67. The number of aryl methyl sites for hydroxylation is 3. The number of benzene rings is 2. The summed E-state index contributed by atoms with van der Waals surface area (Å²) >= 11 is 0. The normalized spacial score (nSPS) is 11.9. The van der Waals surface area contributed by atoms with Crippen molar-refractivity contribution in [3.8, 4) is 22.8 Å². The van der Waals surface area contributed by atoms with Crippen molar-refractivity contribution in [1.29, 1.82) is 0 Å². The fourth-order valence-corrected chi connectivity index (χ4v) is 4.05. The summed E-state index contributed by atoms with van der Waals surface area (Å²) in [5.41, 5.74) is 5.11. The van der Waals surface area contributed by atoms with Gasteiger partial charge in [-0.25, -0.2) is 9.41 Å². The molecule has 0 fully saturated rings. The highest BCUT2D eigenvalue weighted by Crippen LogP contribution is 2.50. The minimum atomic E-state index is 0.590. The molecule has 0 atom stereocenters. The fraction of sp³-hybridized carbons (Fsp3) is 0.136. The van der Waals surface area contributed by atoms with Crippen molar-refractivity contribution in [2.24, 2.45) is 7.05 Å². The quantitative estimate of drug-likeness (QED) is 0.289. The molecule has 1 aliphatic heterocycles. The molecule has 26 heavy (non-hydrogen) atoms. The van der Waals surface area contributed by atoms with Crippen molar-refractivity contribution in [2.45, 2.75) is 13.8 Å². The number of pyridine rings is 2. The van der Waals surface area contributed by atoms with E-state index in [4.69, 9.17) is 11.3 Å². The van der Waals surface area contributed by atoms with Crippen molar-refractivity contribution in [3.05, 3.63) is 65.4 Å². The van der Waals surface area contributed by atoms with E-state index in [0.717, 1.165) is 44.5 Å². The van der Waals surface area contributed by atoms with Gasteiger partial charge in [-0.1, -0.05) is 0 Å². The zero-order valence-electron chi connectivity index (χ0n) is 14.8. The Labute approximate surface area is 151 Å². The smallest absolute Gasteiger partial charge is 0.227 e. The molecule has 0 aliphatic carbocycles. The minimum absolute atomic E-state index is 0.590. The van der Waals surface area contributed by atoms with Crippen molar-refractivity contribution in [3.63, 3.8) is 0 Å². The summed E-state index contributed by atoms with van der Waals surface area (Å²) in [6, 6.07) is 7.87. The van der Waals surface area contributed by atoms with E-state index in [1.54, 1.807) is 0 Å². The monoisotopic (exact) mass is 338 g/mol. The van der Waals surface area contributed by atoms with Crippen molar-refractivity contribution in [2.75, 3.05) is 0 Å². The molecule has 0 radical (unpaired) electrons. The third kappa shape index (κ3) is 1.77. The van der Waals surface area contributed by atoms with Gasteiger partial charge in [0.1, 0.15) is 18.5 Å². The summed E-state index contributed by atoms with van der Waals surface area (Å²) in [6.45, 7) is 11.6. The highest BCUT2D eigenvalue weighted by Gasteiger charge is 2.31. The zero-order valence-corrected chi connectivity index (χ0v) is 14.8. The molecule has 2 aromatic heterocycles. The number of hydrogen-bond donors (Lipinski definition) is 0. The maximum absolute atomic E-state index is 7.39. The predicted molar refractivity (Wildman–Crippen MR) is 102 cm³/mol. The van der Waals surface area contributed by atoms with Gasteiger partial charge in [-0.3, -0.25) is 4.98 Å². The van der Waals surface area contributed by atoms with E-state index in [-0.39, 0.29) is 0 Å². The molecular formula is C22H16N3O+. The number of aromatic nitrogens is 2. The van der Waals surface area contributed by atoms with Gasteiger partial charge in [-0.2, -0.15) is 0 Å². The molecule has 0 spiro atoms. The van der Waals surface area contributed by atoms with Gasteiger partial charge in [0, 0.05) is 29.4 Å². The summed E-state index contributed by atoms with van der Waals surface area (Å²) < 4.78 is 8.53. The van der Waals surface area contributed by atoms with Gasteiger partial charge in [-0.05, 0) is 48.4 Å². The molecule has 0 bridgehead atoms. The van der Waals surface area contributed by atoms with E-state index in [1.807, 2.05) is 30.6 Å². The molecule has 2 aromatic carbocycles. The molecule has 4 heteroatoms. The van der Waals surface area contributed by atoms with Crippen LogP contribution in [-0.4, -0.2) is 4.98 Å². The summed E-state index contributed by atoms with van der Waals surface area (Å²) in [7, 11) is 2.06. The van der Waals surface area contributed by atoms with Crippen molar-refractivity contribution < 1.29 is 9.30 Å². The molecule has 3 heterocycles. The molecule has 0 unspecified atom stereocenters. The lowest BCUT2D eigenvalue weighted by molar-refractivity contribution is -0.659. The van der Waals surface area contributed by atoms with E-state index < -0.39 is 0 Å². The van der Waals surface area contributed by atoms with Crippen LogP contribution in [0, 0.1) is 20.4 Å². The van der Waals surface area contributed by atoms with Crippen LogP contribution in [0.15, 0.2) is 42.9 Å². The van der Waals surface area contributed by atoms with E-state index in [1.165, 1.54) is 10.9 Å². The van der Waals surface area contributed by atoms with Crippen LogP contribution in [0.5, 0.6) is 11.5 Å². The molecular weight excluding hydrogens is 322 g/mol. The van der Waals surface area contributed by atoms with Gasteiger partial charge in [-0.15, -0.1) is 0 Å². The Balaban J connectivity index is 2.03. The van der Waals surface area contributed by atoms with Crippen LogP contribution in [0.4, 0.5) is 5.69 Å². The third-order valence-electron chi connectivity index (χ3n) is 5.33. The maximum atomic E-state index is 7.39. The molecule has 124 valence electrons. The molecule has 0 saturated carbocycles. The SMILES string of the molecule is [C-]#[N+]c1cc2c3c([n+](C)ccc3c1)-c1c(c(C)c3cnccc3c1C)O2. The number of hydrogen-bond acceptors (Lipinski definition) is 2. The first-order chi connectivity index (χ1) is 12.6. The largest absolute Gasteiger partial charge is 0.457 e. The number of fused-ring (bicyclic) bond motifs is 3. The van der Waals surface area contributed by atoms with E-state index in [2.05, 4.69) is 47.6 Å². The highest BCUT2D eigenvalue weighted by molar-refractivity contribution is 6.07. The average molecular weight is 338 g/mol. The molecule has 5 rings (SSSR count). The summed E-state index contributed by atoms with van der Waals surface area (Å²) in [6.07, 6.45) is 5.78.